The van der Waals surface area contributed by atoms with E-state index in [1.54, 1.807) is 7.11 Å². The molecule has 0 aliphatic carbocycles. The van der Waals surface area contributed by atoms with Gasteiger partial charge in [0, 0.05) is 0 Å². The van der Waals surface area contributed by atoms with Crippen molar-refractivity contribution in [3.63, 3.8) is 0 Å². The Morgan fingerprint density at radius 1 is 1.42 bits per heavy atom. The molecule has 0 aromatic heterocycles. The van der Waals surface area contributed by atoms with Gasteiger partial charge in [0.05, 0.1) is 32.1 Å². The van der Waals surface area contributed by atoms with Crippen molar-refractivity contribution in [1.82, 2.24) is 0 Å². The van der Waals surface area contributed by atoms with Crippen molar-refractivity contribution in [2.75, 3.05) is 25.6 Å². The molecular formula is C14H16N2O3. The van der Waals surface area contributed by atoms with Gasteiger partial charge in [-0.25, -0.2) is 0 Å². The van der Waals surface area contributed by atoms with Crippen molar-refractivity contribution in [3.8, 4) is 11.8 Å². The molecule has 1 heterocycles. The van der Waals surface area contributed by atoms with Gasteiger partial charge >= 0.3 is 0 Å². The first-order valence-electron chi connectivity index (χ1n) is 5.98. The zero-order chi connectivity index (χ0) is 14.0. The molecule has 2 rings (SSSR count). The molecule has 0 bridgehead atoms. The van der Waals surface area contributed by atoms with E-state index in [9.17, 15) is 4.79 Å². The SMILES string of the molecule is COc1cc(C)c(C)cc1NC(=O)C1(C#N)COC1. The highest BCUT2D eigenvalue weighted by molar-refractivity contribution is 5.99. The third-order valence-electron chi connectivity index (χ3n) is 3.41. The summed E-state index contributed by atoms with van der Waals surface area (Å²) in [7, 11) is 1.55. The Kier molecular flexibility index (Phi) is 3.45. The van der Waals surface area contributed by atoms with Crippen molar-refractivity contribution in [2.24, 2.45) is 5.41 Å². The lowest BCUT2D eigenvalue weighted by molar-refractivity contribution is -0.144. The second-order valence-electron chi connectivity index (χ2n) is 4.78. The van der Waals surface area contributed by atoms with E-state index < -0.39 is 5.41 Å². The van der Waals surface area contributed by atoms with Crippen LogP contribution < -0.4 is 10.1 Å². The molecule has 1 aliphatic rings. The summed E-state index contributed by atoms with van der Waals surface area (Å²) in [6, 6.07) is 5.73. The number of rotatable bonds is 3. The lowest BCUT2D eigenvalue weighted by Gasteiger charge is -2.33. The molecule has 5 nitrogen and oxygen atoms in total. The van der Waals surface area contributed by atoms with E-state index in [4.69, 9.17) is 14.7 Å². The summed E-state index contributed by atoms with van der Waals surface area (Å²) in [5, 5.41) is 11.8. The van der Waals surface area contributed by atoms with Crippen molar-refractivity contribution >= 4 is 11.6 Å². The minimum absolute atomic E-state index is 0.141. The average molecular weight is 260 g/mol. The van der Waals surface area contributed by atoms with E-state index in [-0.39, 0.29) is 19.1 Å². The monoisotopic (exact) mass is 260 g/mol. The molecule has 5 heteroatoms. The van der Waals surface area contributed by atoms with Gasteiger partial charge in [-0.2, -0.15) is 5.26 Å². The van der Waals surface area contributed by atoms with Gasteiger partial charge in [0.15, 0.2) is 5.41 Å². The van der Waals surface area contributed by atoms with Crippen LogP contribution in [-0.4, -0.2) is 26.2 Å². The fraction of sp³-hybridized carbons (Fsp3) is 0.429. The van der Waals surface area contributed by atoms with Gasteiger partial charge in [-0.3, -0.25) is 4.79 Å². The number of hydrogen-bond acceptors (Lipinski definition) is 4. The minimum Gasteiger partial charge on any atom is -0.495 e. The predicted octanol–water partition coefficient (Wildman–Crippen LogP) is 1.79. The number of aryl methyl sites for hydroxylation is 2. The minimum atomic E-state index is -1.07. The number of carbonyl (C=O) groups excluding carboxylic acids is 1. The number of ether oxygens (including phenoxy) is 2. The fourth-order valence-corrected chi connectivity index (χ4v) is 1.85. The smallest absolute Gasteiger partial charge is 0.249 e. The van der Waals surface area contributed by atoms with Crippen LogP contribution in [0.25, 0.3) is 0 Å². The molecule has 1 aliphatic heterocycles. The zero-order valence-corrected chi connectivity index (χ0v) is 11.2. The Morgan fingerprint density at radius 3 is 2.53 bits per heavy atom. The first-order valence-corrected chi connectivity index (χ1v) is 5.98. The summed E-state index contributed by atoms with van der Waals surface area (Å²) in [5.74, 6) is 0.243. The summed E-state index contributed by atoms with van der Waals surface area (Å²) < 4.78 is 10.2. The molecule has 0 radical (unpaired) electrons. The molecule has 1 N–H and O–H groups in total. The van der Waals surface area contributed by atoms with Crippen LogP contribution >= 0.6 is 0 Å². The van der Waals surface area contributed by atoms with Crippen LogP contribution in [0, 0.1) is 30.6 Å². The summed E-state index contributed by atoms with van der Waals surface area (Å²) in [6.07, 6.45) is 0. The zero-order valence-electron chi connectivity index (χ0n) is 11.2. The molecule has 1 fully saturated rings. The normalized spacial score (nSPS) is 16.1. The summed E-state index contributed by atoms with van der Waals surface area (Å²) in [6.45, 7) is 4.21. The molecule has 19 heavy (non-hydrogen) atoms. The van der Waals surface area contributed by atoms with Gasteiger partial charge in [0.25, 0.3) is 0 Å². The second kappa shape index (κ2) is 4.90. The lowest BCUT2D eigenvalue weighted by atomic mass is 9.86. The Balaban J connectivity index is 2.26. The van der Waals surface area contributed by atoms with Crippen LogP contribution in [0.4, 0.5) is 5.69 Å². The molecule has 0 spiro atoms. The van der Waals surface area contributed by atoms with E-state index in [0.717, 1.165) is 11.1 Å². The molecular weight excluding hydrogens is 244 g/mol. The van der Waals surface area contributed by atoms with Crippen molar-refractivity contribution in [3.05, 3.63) is 23.3 Å². The first kappa shape index (κ1) is 13.4. The van der Waals surface area contributed by atoms with Gasteiger partial charge in [-0.05, 0) is 37.1 Å². The van der Waals surface area contributed by atoms with E-state index in [1.165, 1.54) is 0 Å². The quantitative estimate of drug-likeness (QED) is 0.899. The molecule has 100 valence electrons. The Labute approximate surface area is 112 Å². The Bertz CT molecular complexity index is 557. The summed E-state index contributed by atoms with van der Waals surface area (Å²) >= 11 is 0. The number of carbonyl (C=O) groups is 1. The number of amides is 1. The van der Waals surface area contributed by atoms with E-state index in [0.29, 0.717) is 11.4 Å². The molecule has 1 aromatic rings. The van der Waals surface area contributed by atoms with Gasteiger partial charge in [0.2, 0.25) is 5.91 Å². The predicted molar refractivity (Wildman–Crippen MR) is 70.0 cm³/mol. The average Bonchev–Trinajstić information content (AvgIpc) is 2.33. The highest BCUT2D eigenvalue weighted by Crippen LogP contribution is 2.32. The van der Waals surface area contributed by atoms with Gasteiger partial charge in [-0.15, -0.1) is 0 Å². The molecule has 0 atom stereocenters. The van der Waals surface area contributed by atoms with Crippen molar-refractivity contribution in [2.45, 2.75) is 13.8 Å². The van der Waals surface area contributed by atoms with Crippen LogP contribution in [0.3, 0.4) is 0 Å². The number of nitrogens with zero attached hydrogens (tertiary/aromatic N) is 1. The van der Waals surface area contributed by atoms with Crippen LogP contribution in [0.2, 0.25) is 0 Å². The number of methoxy groups -OCH3 is 1. The van der Waals surface area contributed by atoms with Crippen molar-refractivity contribution in [1.29, 1.82) is 5.26 Å². The molecule has 1 aromatic carbocycles. The van der Waals surface area contributed by atoms with E-state index >= 15 is 0 Å². The number of nitrogens with one attached hydrogen (secondary N) is 1. The van der Waals surface area contributed by atoms with Gasteiger partial charge < -0.3 is 14.8 Å². The topological polar surface area (TPSA) is 71.3 Å². The maximum absolute atomic E-state index is 12.1. The standard InChI is InChI=1S/C14H16N2O3/c1-9-4-11(12(18-3)5-10(9)2)16-13(17)14(6-15)7-19-8-14/h4-5H,7-8H2,1-3H3,(H,16,17). The van der Waals surface area contributed by atoms with Crippen LogP contribution in [-0.2, 0) is 9.53 Å². The van der Waals surface area contributed by atoms with E-state index in [2.05, 4.69) is 5.32 Å². The van der Waals surface area contributed by atoms with Gasteiger partial charge in [-0.1, -0.05) is 0 Å². The number of nitriles is 1. The fourth-order valence-electron chi connectivity index (χ4n) is 1.85. The van der Waals surface area contributed by atoms with Crippen LogP contribution in [0.1, 0.15) is 11.1 Å². The summed E-state index contributed by atoms with van der Waals surface area (Å²) in [5.41, 5.74) is 1.64. The number of benzene rings is 1. The third kappa shape index (κ3) is 2.27. The third-order valence-corrected chi connectivity index (χ3v) is 3.41. The molecule has 0 unspecified atom stereocenters. The van der Waals surface area contributed by atoms with Crippen molar-refractivity contribution < 1.29 is 14.3 Å². The number of hydrogen-bond donors (Lipinski definition) is 1. The Morgan fingerprint density at radius 2 is 2.05 bits per heavy atom. The van der Waals surface area contributed by atoms with Crippen LogP contribution in [0.15, 0.2) is 12.1 Å². The van der Waals surface area contributed by atoms with Crippen LogP contribution in [0.5, 0.6) is 5.75 Å². The molecule has 1 saturated heterocycles. The lowest BCUT2D eigenvalue weighted by Crippen LogP contribution is -2.50. The maximum atomic E-state index is 12.1. The maximum Gasteiger partial charge on any atom is 0.249 e. The largest absolute Gasteiger partial charge is 0.495 e. The Hall–Kier alpha value is -2.06. The highest BCUT2D eigenvalue weighted by Gasteiger charge is 2.46. The first-order chi connectivity index (χ1) is 9.02. The number of anilines is 1. The van der Waals surface area contributed by atoms with Gasteiger partial charge in [0.1, 0.15) is 5.75 Å². The highest BCUT2D eigenvalue weighted by atomic mass is 16.5. The molecule has 1 amide bonds. The molecule has 0 saturated carbocycles. The summed E-state index contributed by atoms with van der Waals surface area (Å²) in [4.78, 5) is 12.1. The second-order valence-corrected chi connectivity index (χ2v) is 4.78. The van der Waals surface area contributed by atoms with E-state index in [1.807, 2.05) is 32.0 Å².